The third-order valence-electron chi connectivity index (χ3n) is 3.88. The van der Waals surface area contributed by atoms with Crippen LogP contribution >= 0.6 is 11.6 Å². The highest BCUT2D eigenvalue weighted by molar-refractivity contribution is 7.89. The van der Waals surface area contributed by atoms with Gasteiger partial charge >= 0.3 is 0 Å². The van der Waals surface area contributed by atoms with E-state index in [0.717, 1.165) is 25.7 Å². The van der Waals surface area contributed by atoms with Crippen LogP contribution in [0.1, 0.15) is 38.2 Å². The van der Waals surface area contributed by atoms with Gasteiger partial charge in [-0.2, -0.15) is 4.31 Å². The smallest absolute Gasteiger partial charge is 0.246 e. The lowest BCUT2D eigenvalue weighted by atomic mass is 10.1. The molecule has 1 aromatic carbocycles. The van der Waals surface area contributed by atoms with E-state index in [1.807, 2.05) is 6.92 Å². The van der Waals surface area contributed by atoms with E-state index < -0.39 is 15.8 Å². The van der Waals surface area contributed by atoms with E-state index in [1.54, 1.807) is 0 Å². The van der Waals surface area contributed by atoms with Crippen molar-refractivity contribution in [3.05, 3.63) is 28.5 Å². The fourth-order valence-corrected chi connectivity index (χ4v) is 4.83. The van der Waals surface area contributed by atoms with Gasteiger partial charge < -0.3 is 5.73 Å². The standard InChI is InChI=1S/C14H20ClFN2O2S/c1-10-5-3-2-4-6-18(10)21(19,20)13-8-12(15)7-11(9-17)14(13)16/h7-8,10H,2-6,9,17H2,1H3. The molecule has 4 nitrogen and oxygen atoms in total. The molecule has 1 aliphatic heterocycles. The van der Waals surface area contributed by atoms with E-state index >= 15 is 0 Å². The first-order valence-corrected chi connectivity index (χ1v) is 8.89. The van der Waals surface area contributed by atoms with E-state index in [0.29, 0.717) is 6.54 Å². The van der Waals surface area contributed by atoms with Crippen molar-refractivity contribution in [2.24, 2.45) is 5.73 Å². The fourth-order valence-electron chi connectivity index (χ4n) is 2.69. The van der Waals surface area contributed by atoms with Crippen molar-refractivity contribution in [3.8, 4) is 0 Å². The van der Waals surface area contributed by atoms with Gasteiger partial charge in [0.2, 0.25) is 10.0 Å². The van der Waals surface area contributed by atoms with Crippen LogP contribution in [0.4, 0.5) is 4.39 Å². The Balaban J connectivity index is 2.50. The van der Waals surface area contributed by atoms with Gasteiger partial charge in [-0.15, -0.1) is 0 Å². The highest BCUT2D eigenvalue weighted by Crippen LogP contribution is 2.29. The number of hydrogen-bond acceptors (Lipinski definition) is 3. The minimum atomic E-state index is -3.90. The van der Waals surface area contributed by atoms with Crippen molar-refractivity contribution >= 4 is 21.6 Å². The molecule has 118 valence electrons. The molecule has 1 saturated heterocycles. The van der Waals surface area contributed by atoms with Gasteiger partial charge in [0.05, 0.1) is 0 Å². The first-order valence-electron chi connectivity index (χ1n) is 7.07. The van der Waals surface area contributed by atoms with Crippen molar-refractivity contribution in [1.29, 1.82) is 0 Å². The van der Waals surface area contributed by atoms with Crippen LogP contribution in [0.15, 0.2) is 17.0 Å². The minimum absolute atomic E-state index is 0.0928. The Hall–Kier alpha value is -0.690. The number of halogens is 2. The molecule has 1 aromatic rings. The lowest BCUT2D eigenvalue weighted by molar-refractivity contribution is 0.340. The van der Waals surface area contributed by atoms with Gasteiger partial charge in [-0.25, -0.2) is 12.8 Å². The van der Waals surface area contributed by atoms with Crippen LogP contribution in [0.5, 0.6) is 0 Å². The number of nitrogens with zero attached hydrogens (tertiary/aromatic N) is 1. The molecule has 1 aliphatic rings. The normalized spacial score (nSPS) is 21.2. The predicted molar refractivity (Wildman–Crippen MR) is 81.1 cm³/mol. The van der Waals surface area contributed by atoms with Gasteiger partial charge in [0.1, 0.15) is 10.7 Å². The minimum Gasteiger partial charge on any atom is -0.326 e. The molecule has 1 fully saturated rings. The molecule has 0 amide bonds. The Morgan fingerprint density at radius 3 is 2.76 bits per heavy atom. The molecule has 0 radical (unpaired) electrons. The molecule has 21 heavy (non-hydrogen) atoms. The summed E-state index contributed by atoms with van der Waals surface area (Å²) in [6, 6.07) is 2.39. The molecule has 0 bridgehead atoms. The van der Waals surface area contributed by atoms with Crippen molar-refractivity contribution in [2.45, 2.75) is 50.1 Å². The molecule has 0 saturated carbocycles. The molecule has 0 spiro atoms. The van der Waals surface area contributed by atoms with Gasteiger partial charge in [0.15, 0.2) is 0 Å². The summed E-state index contributed by atoms with van der Waals surface area (Å²) in [5, 5.41) is 0.179. The summed E-state index contributed by atoms with van der Waals surface area (Å²) in [7, 11) is -3.90. The van der Waals surface area contributed by atoms with Gasteiger partial charge in [-0.05, 0) is 31.9 Å². The Kier molecular flexibility index (Phi) is 5.24. The zero-order valence-electron chi connectivity index (χ0n) is 12.0. The van der Waals surface area contributed by atoms with Crippen LogP contribution < -0.4 is 5.73 Å². The second-order valence-electron chi connectivity index (χ2n) is 5.40. The van der Waals surface area contributed by atoms with E-state index in [9.17, 15) is 12.8 Å². The Bertz CT molecular complexity index is 622. The maximum absolute atomic E-state index is 14.4. The summed E-state index contributed by atoms with van der Waals surface area (Å²) in [4.78, 5) is -0.371. The lowest BCUT2D eigenvalue weighted by Crippen LogP contribution is -2.38. The highest BCUT2D eigenvalue weighted by Gasteiger charge is 2.33. The van der Waals surface area contributed by atoms with Crippen molar-refractivity contribution < 1.29 is 12.8 Å². The Morgan fingerprint density at radius 1 is 1.38 bits per heavy atom. The number of hydrogen-bond donors (Lipinski definition) is 1. The van der Waals surface area contributed by atoms with Crippen LogP contribution in [-0.2, 0) is 16.6 Å². The van der Waals surface area contributed by atoms with Gasteiger partial charge in [-0.3, -0.25) is 0 Å². The summed E-state index contributed by atoms with van der Waals surface area (Å²) in [5.41, 5.74) is 5.57. The summed E-state index contributed by atoms with van der Waals surface area (Å²) in [6.07, 6.45) is 3.54. The zero-order valence-corrected chi connectivity index (χ0v) is 13.6. The van der Waals surface area contributed by atoms with Crippen molar-refractivity contribution in [3.63, 3.8) is 0 Å². The molecular formula is C14H20ClFN2O2S. The number of rotatable bonds is 3. The molecule has 1 atom stereocenters. The predicted octanol–water partition coefficient (Wildman–Crippen LogP) is 2.89. The molecule has 7 heteroatoms. The largest absolute Gasteiger partial charge is 0.326 e. The van der Waals surface area contributed by atoms with Crippen molar-refractivity contribution in [2.75, 3.05) is 6.54 Å². The van der Waals surface area contributed by atoms with Crippen LogP contribution in [-0.4, -0.2) is 25.3 Å². The maximum Gasteiger partial charge on any atom is 0.246 e. The monoisotopic (exact) mass is 334 g/mol. The number of benzene rings is 1. The Labute approximate surface area is 130 Å². The quantitative estimate of drug-likeness (QED) is 0.924. The molecule has 2 rings (SSSR count). The van der Waals surface area contributed by atoms with Crippen LogP contribution in [0.3, 0.4) is 0 Å². The fraction of sp³-hybridized carbons (Fsp3) is 0.571. The summed E-state index contributed by atoms with van der Waals surface area (Å²) in [6.45, 7) is 2.17. The first kappa shape index (κ1) is 16.7. The SMILES string of the molecule is CC1CCCCCN1S(=O)(=O)c1cc(Cl)cc(CN)c1F. The average Bonchev–Trinajstić information content (AvgIpc) is 2.65. The van der Waals surface area contributed by atoms with Crippen LogP contribution in [0, 0.1) is 5.82 Å². The average molecular weight is 335 g/mol. The molecule has 1 heterocycles. The second kappa shape index (κ2) is 6.60. The summed E-state index contributed by atoms with van der Waals surface area (Å²) >= 11 is 5.91. The van der Waals surface area contributed by atoms with Gasteiger partial charge in [-0.1, -0.05) is 24.4 Å². The van der Waals surface area contributed by atoms with Gasteiger partial charge in [0, 0.05) is 29.7 Å². The molecular weight excluding hydrogens is 315 g/mol. The molecule has 2 N–H and O–H groups in total. The topological polar surface area (TPSA) is 63.4 Å². The number of sulfonamides is 1. The highest BCUT2D eigenvalue weighted by atomic mass is 35.5. The second-order valence-corrected chi connectivity index (χ2v) is 7.69. The zero-order chi connectivity index (χ0) is 15.6. The third-order valence-corrected chi connectivity index (χ3v) is 6.11. The van der Waals surface area contributed by atoms with E-state index in [1.165, 1.54) is 16.4 Å². The van der Waals surface area contributed by atoms with Gasteiger partial charge in [0.25, 0.3) is 0 Å². The van der Waals surface area contributed by atoms with Crippen LogP contribution in [0.25, 0.3) is 0 Å². The first-order chi connectivity index (χ1) is 9.87. The van der Waals surface area contributed by atoms with E-state index in [4.69, 9.17) is 17.3 Å². The number of nitrogens with two attached hydrogens (primary N) is 1. The van der Waals surface area contributed by atoms with Crippen molar-refractivity contribution in [1.82, 2.24) is 4.31 Å². The molecule has 1 unspecified atom stereocenters. The maximum atomic E-state index is 14.4. The van der Waals surface area contributed by atoms with E-state index in [-0.39, 0.29) is 28.1 Å². The van der Waals surface area contributed by atoms with E-state index in [2.05, 4.69) is 0 Å². The molecule has 0 aliphatic carbocycles. The molecule has 0 aromatic heterocycles. The lowest BCUT2D eigenvalue weighted by Gasteiger charge is -2.26. The third kappa shape index (κ3) is 3.39. The summed E-state index contributed by atoms with van der Waals surface area (Å²) in [5.74, 6) is -0.793. The Morgan fingerprint density at radius 2 is 2.10 bits per heavy atom. The van der Waals surface area contributed by atoms with Crippen LogP contribution in [0.2, 0.25) is 5.02 Å². The summed E-state index contributed by atoms with van der Waals surface area (Å²) < 4.78 is 41.3.